The van der Waals surface area contributed by atoms with Crippen molar-refractivity contribution in [3.63, 3.8) is 0 Å². The Balaban J connectivity index is 2.91. The van der Waals surface area contributed by atoms with Crippen molar-refractivity contribution >= 4 is 37.5 Å². The third-order valence-electron chi connectivity index (χ3n) is 1.41. The molecule has 0 aliphatic heterocycles. The number of fused-ring (bicyclic) bond motifs is 1. The quantitative estimate of drug-likeness (QED) is 0.723. The molecule has 0 aliphatic rings. The zero-order valence-electron chi connectivity index (χ0n) is 5.46. The van der Waals surface area contributed by atoms with Crippen LogP contribution in [0.25, 0.3) is 5.65 Å². The van der Waals surface area contributed by atoms with Gasteiger partial charge in [0.1, 0.15) is 0 Å². The Morgan fingerprint density at radius 2 is 2.18 bits per heavy atom. The molecule has 0 spiro atoms. The maximum atomic E-state index is 4.15. The maximum absolute atomic E-state index is 4.15. The van der Waals surface area contributed by atoms with Crippen LogP contribution in [0.3, 0.4) is 0 Å². The minimum Gasteiger partial charge on any atom is -0.305 e. The van der Waals surface area contributed by atoms with Gasteiger partial charge in [-0.2, -0.15) is 0 Å². The summed E-state index contributed by atoms with van der Waals surface area (Å²) in [5, 5.41) is 0. The van der Waals surface area contributed by atoms with Crippen LogP contribution in [-0.4, -0.2) is 9.38 Å². The van der Waals surface area contributed by atoms with Crippen LogP contribution in [0.5, 0.6) is 0 Å². The van der Waals surface area contributed by atoms with Crippen LogP contribution < -0.4 is 0 Å². The van der Waals surface area contributed by atoms with Crippen LogP contribution in [0.1, 0.15) is 0 Å². The lowest BCUT2D eigenvalue weighted by atomic mass is 10.5. The molecule has 0 bridgehead atoms. The molecule has 2 nitrogen and oxygen atoms in total. The van der Waals surface area contributed by atoms with E-state index in [1.165, 1.54) is 0 Å². The standard InChI is InChI=1S/C7H4Br2N2/c8-5-3-6(9)7-10-1-2-11(7)4-5/h1-4H. The second-order valence-electron chi connectivity index (χ2n) is 2.16. The Hall–Kier alpha value is -0.350. The Morgan fingerprint density at radius 3 is 3.00 bits per heavy atom. The van der Waals surface area contributed by atoms with Gasteiger partial charge in [0.25, 0.3) is 0 Å². The first kappa shape index (κ1) is 7.31. The summed E-state index contributed by atoms with van der Waals surface area (Å²) in [7, 11) is 0. The smallest absolute Gasteiger partial charge is 0.151 e. The fourth-order valence-corrected chi connectivity index (χ4v) is 2.27. The molecule has 0 radical (unpaired) electrons. The highest BCUT2D eigenvalue weighted by molar-refractivity contribution is 9.11. The minimum absolute atomic E-state index is 0.938. The van der Waals surface area contributed by atoms with Crippen LogP contribution in [0.4, 0.5) is 0 Å². The molecule has 0 amide bonds. The van der Waals surface area contributed by atoms with Crippen molar-refractivity contribution in [1.29, 1.82) is 0 Å². The molecule has 0 saturated heterocycles. The summed E-state index contributed by atoms with van der Waals surface area (Å²) in [6.07, 6.45) is 5.64. The molecule has 0 N–H and O–H groups in total. The van der Waals surface area contributed by atoms with E-state index in [-0.39, 0.29) is 0 Å². The van der Waals surface area contributed by atoms with Gasteiger partial charge in [-0.25, -0.2) is 4.98 Å². The number of hydrogen-bond donors (Lipinski definition) is 0. The van der Waals surface area contributed by atoms with Crippen molar-refractivity contribution < 1.29 is 0 Å². The Bertz CT molecular complexity index is 394. The maximum Gasteiger partial charge on any atom is 0.151 e. The van der Waals surface area contributed by atoms with Crippen molar-refractivity contribution in [1.82, 2.24) is 9.38 Å². The first-order valence-corrected chi connectivity index (χ1v) is 4.64. The Morgan fingerprint density at radius 1 is 1.36 bits per heavy atom. The molecule has 11 heavy (non-hydrogen) atoms. The van der Waals surface area contributed by atoms with E-state index in [9.17, 15) is 0 Å². The SMILES string of the molecule is Brc1cc(Br)c2nccn2c1. The molecular formula is C7H4Br2N2. The summed E-state index contributed by atoms with van der Waals surface area (Å²) >= 11 is 6.80. The number of halogens is 2. The first-order valence-electron chi connectivity index (χ1n) is 3.05. The lowest BCUT2D eigenvalue weighted by Crippen LogP contribution is -1.83. The molecule has 0 aromatic carbocycles. The van der Waals surface area contributed by atoms with E-state index in [1.54, 1.807) is 6.20 Å². The highest BCUT2D eigenvalue weighted by atomic mass is 79.9. The van der Waals surface area contributed by atoms with Crippen LogP contribution in [0.15, 0.2) is 33.6 Å². The van der Waals surface area contributed by atoms with E-state index >= 15 is 0 Å². The molecule has 2 rings (SSSR count). The second-order valence-corrected chi connectivity index (χ2v) is 3.93. The van der Waals surface area contributed by atoms with E-state index in [0.29, 0.717) is 0 Å². The zero-order valence-corrected chi connectivity index (χ0v) is 8.63. The Kier molecular flexibility index (Phi) is 1.73. The van der Waals surface area contributed by atoms with Crippen molar-refractivity contribution in [3.05, 3.63) is 33.6 Å². The highest BCUT2D eigenvalue weighted by Gasteiger charge is 1.99. The number of hydrogen-bond acceptors (Lipinski definition) is 1. The van der Waals surface area contributed by atoms with E-state index in [2.05, 4.69) is 36.8 Å². The first-order chi connectivity index (χ1) is 5.27. The van der Waals surface area contributed by atoms with Gasteiger partial charge in [0.2, 0.25) is 0 Å². The van der Waals surface area contributed by atoms with Gasteiger partial charge < -0.3 is 4.40 Å². The third-order valence-corrected chi connectivity index (χ3v) is 2.43. The second kappa shape index (κ2) is 2.60. The zero-order chi connectivity index (χ0) is 7.84. The van der Waals surface area contributed by atoms with Gasteiger partial charge in [-0.1, -0.05) is 0 Å². The lowest BCUT2D eigenvalue weighted by Gasteiger charge is -1.96. The normalized spacial score (nSPS) is 10.7. The van der Waals surface area contributed by atoms with Crippen molar-refractivity contribution in [3.8, 4) is 0 Å². The van der Waals surface area contributed by atoms with Crippen LogP contribution in [-0.2, 0) is 0 Å². The molecule has 56 valence electrons. The molecule has 0 atom stereocenters. The summed E-state index contributed by atoms with van der Waals surface area (Å²) in [6.45, 7) is 0. The summed E-state index contributed by atoms with van der Waals surface area (Å²) in [4.78, 5) is 4.15. The number of aromatic nitrogens is 2. The average Bonchev–Trinajstić information content (AvgIpc) is 2.34. The van der Waals surface area contributed by atoms with Crippen LogP contribution >= 0.6 is 31.9 Å². The summed E-state index contributed by atoms with van der Waals surface area (Å²) < 4.78 is 3.99. The van der Waals surface area contributed by atoms with Crippen molar-refractivity contribution in [2.45, 2.75) is 0 Å². The van der Waals surface area contributed by atoms with Gasteiger partial charge in [-0.15, -0.1) is 0 Å². The number of imidazole rings is 1. The molecule has 0 unspecified atom stereocenters. The minimum atomic E-state index is 0.938. The number of pyridine rings is 1. The predicted molar refractivity (Wildman–Crippen MR) is 50.6 cm³/mol. The molecule has 2 aromatic rings. The monoisotopic (exact) mass is 274 g/mol. The van der Waals surface area contributed by atoms with Gasteiger partial charge in [-0.05, 0) is 37.9 Å². The van der Waals surface area contributed by atoms with Gasteiger partial charge in [0.15, 0.2) is 5.65 Å². The number of rotatable bonds is 0. The summed E-state index contributed by atoms with van der Waals surface area (Å²) in [6, 6.07) is 1.97. The third kappa shape index (κ3) is 1.20. The van der Waals surface area contributed by atoms with Gasteiger partial charge >= 0.3 is 0 Å². The topological polar surface area (TPSA) is 17.3 Å². The van der Waals surface area contributed by atoms with Crippen LogP contribution in [0, 0.1) is 0 Å². The lowest BCUT2D eigenvalue weighted by molar-refractivity contribution is 1.17. The fraction of sp³-hybridized carbons (Fsp3) is 0. The molecule has 4 heteroatoms. The van der Waals surface area contributed by atoms with Crippen molar-refractivity contribution in [2.75, 3.05) is 0 Å². The fourth-order valence-electron chi connectivity index (χ4n) is 0.958. The average molecular weight is 276 g/mol. The van der Waals surface area contributed by atoms with E-state index in [0.717, 1.165) is 14.6 Å². The molecule has 0 fully saturated rings. The molecule has 2 aromatic heterocycles. The van der Waals surface area contributed by atoms with Crippen molar-refractivity contribution in [2.24, 2.45) is 0 Å². The molecular weight excluding hydrogens is 272 g/mol. The van der Waals surface area contributed by atoms with Gasteiger partial charge in [0.05, 0.1) is 4.47 Å². The highest BCUT2D eigenvalue weighted by Crippen LogP contribution is 2.21. The predicted octanol–water partition coefficient (Wildman–Crippen LogP) is 2.86. The molecule has 2 heterocycles. The Labute approximate surface area is 80.5 Å². The molecule has 0 aliphatic carbocycles. The number of nitrogens with zero attached hydrogens (tertiary/aromatic N) is 2. The van der Waals surface area contributed by atoms with E-state index < -0.39 is 0 Å². The van der Waals surface area contributed by atoms with E-state index in [4.69, 9.17) is 0 Å². The summed E-state index contributed by atoms with van der Waals surface area (Å²) in [5.41, 5.74) is 0.938. The van der Waals surface area contributed by atoms with E-state index in [1.807, 2.05) is 22.9 Å². The molecule has 0 saturated carbocycles. The summed E-state index contributed by atoms with van der Waals surface area (Å²) in [5.74, 6) is 0. The van der Waals surface area contributed by atoms with Crippen LogP contribution in [0.2, 0.25) is 0 Å². The van der Waals surface area contributed by atoms with Gasteiger partial charge in [0, 0.05) is 23.1 Å². The largest absolute Gasteiger partial charge is 0.305 e. The van der Waals surface area contributed by atoms with Gasteiger partial charge in [-0.3, -0.25) is 0 Å².